The number of benzene rings is 1. The van der Waals surface area contributed by atoms with E-state index in [-0.39, 0.29) is 44.4 Å². The lowest BCUT2D eigenvalue weighted by Gasteiger charge is -2.26. The van der Waals surface area contributed by atoms with Gasteiger partial charge in [-0.2, -0.15) is 25.9 Å². The fourth-order valence-electron chi connectivity index (χ4n) is 4.47. The minimum absolute atomic E-state index is 0.0140. The van der Waals surface area contributed by atoms with Crippen molar-refractivity contribution in [1.29, 1.82) is 0 Å². The number of pyridine rings is 1. The quantitative estimate of drug-likeness (QED) is 0.482. The molecular weight excluding hydrogens is 567 g/mol. The first-order valence-corrected chi connectivity index (χ1v) is 14.6. The highest BCUT2D eigenvalue weighted by Crippen LogP contribution is 2.49. The molecule has 39 heavy (non-hydrogen) atoms. The van der Waals surface area contributed by atoms with Gasteiger partial charge in [-0.25, -0.2) is 23.1 Å². The molecule has 1 aromatic carbocycles. The Hall–Kier alpha value is -3.28. The topological polar surface area (TPSA) is 146 Å². The van der Waals surface area contributed by atoms with Crippen LogP contribution in [0.4, 0.5) is 29.5 Å². The number of nitrogens with zero attached hydrogens (tertiary/aromatic N) is 4. The minimum atomic E-state index is -5.59. The number of halogens is 3. The molecule has 1 N–H and O–H groups in total. The molecule has 3 fully saturated rings. The fourth-order valence-corrected chi connectivity index (χ4v) is 6.36. The molecule has 17 heteroatoms. The molecule has 1 saturated carbocycles. The number of aromatic nitrogens is 1. The van der Waals surface area contributed by atoms with Crippen molar-refractivity contribution < 1.29 is 44.3 Å². The molecule has 3 heterocycles. The first-order chi connectivity index (χ1) is 18.3. The zero-order valence-electron chi connectivity index (χ0n) is 20.1. The van der Waals surface area contributed by atoms with Crippen LogP contribution >= 0.6 is 0 Å². The van der Waals surface area contributed by atoms with Gasteiger partial charge in [-0.1, -0.05) is 0 Å². The van der Waals surface area contributed by atoms with Gasteiger partial charge in [0.25, 0.3) is 15.7 Å². The number of anilines is 2. The number of amides is 3. The zero-order chi connectivity index (χ0) is 28.2. The second-order valence-corrected chi connectivity index (χ2v) is 12.8. The van der Waals surface area contributed by atoms with Crippen LogP contribution < -0.4 is 9.62 Å². The molecule has 0 bridgehead atoms. The lowest BCUT2D eigenvalue weighted by atomic mass is 10.2. The molecule has 1 aliphatic carbocycles. The van der Waals surface area contributed by atoms with Gasteiger partial charge in [0.05, 0.1) is 23.8 Å². The largest absolute Gasteiger partial charge is 0.501 e. The number of rotatable bonds is 7. The number of urea groups is 1. The maximum atomic E-state index is 13.3. The number of nitrogens with one attached hydrogen (secondary N) is 1. The van der Waals surface area contributed by atoms with Crippen molar-refractivity contribution in [3.05, 3.63) is 48.2 Å². The summed E-state index contributed by atoms with van der Waals surface area (Å²) in [6.45, 7) is 0.816. The number of hydrogen-bond donors (Lipinski definition) is 1. The summed E-state index contributed by atoms with van der Waals surface area (Å²) in [4.78, 5) is 31.7. The predicted molar refractivity (Wildman–Crippen MR) is 129 cm³/mol. The first-order valence-electron chi connectivity index (χ1n) is 11.6. The van der Waals surface area contributed by atoms with Gasteiger partial charge in [-0.05, 0) is 54.8 Å². The Morgan fingerprint density at radius 2 is 1.64 bits per heavy atom. The SMILES string of the molecule is O=C1N(c2ccc(S(=O)(=O)C(F)(F)F)cc2)C(=O)C2(CC2)N1Cc1ccnc(NS(=O)(=O)N2CCOCC2)c1. The van der Waals surface area contributed by atoms with E-state index in [0.717, 1.165) is 17.0 Å². The summed E-state index contributed by atoms with van der Waals surface area (Å²) in [6.07, 6.45) is 2.07. The molecule has 2 saturated heterocycles. The van der Waals surface area contributed by atoms with Crippen LogP contribution in [0.5, 0.6) is 0 Å². The van der Waals surface area contributed by atoms with Crippen LogP contribution in [0.3, 0.4) is 0 Å². The van der Waals surface area contributed by atoms with E-state index in [9.17, 15) is 39.6 Å². The van der Waals surface area contributed by atoms with Gasteiger partial charge in [0.1, 0.15) is 11.4 Å². The summed E-state index contributed by atoms with van der Waals surface area (Å²) in [5.74, 6) is -0.568. The lowest BCUT2D eigenvalue weighted by Crippen LogP contribution is -2.43. The average Bonchev–Trinajstić information content (AvgIpc) is 3.66. The molecular formula is C22H22F3N5O7S2. The summed E-state index contributed by atoms with van der Waals surface area (Å²) in [6, 6.07) is 5.58. The van der Waals surface area contributed by atoms with Crippen molar-refractivity contribution >= 4 is 43.5 Å². The van der Waals surface area contributed by atoms with E-state index >= 15 is 0 Å². The van der Waals surface area contributed by atoms with E-state index < -0.39 is 47.9 Å². The van der Waals surface area contributed by atoms with Gasteiger partial charge >= 0.3 is 21.7 Å². The fraction of sp³-hybridized carbons (Fsp3) is 0.409. The monoisotopic (exact) mass is 589 g/mol. The number of sulfone groups is 1. The third-order valence-electron chi connectivity index (χ3n) is 6.68. The Labute approximate surface area is 221 Å². The number of hydrogen-bond acceptors (Lipinski definition) is 8. The maximum absolute atomic E-state index is 13.3. The van der Waals surface area contributed by atoms with E-state index in [2.05, 4.69) is 9.71 Å². The molecule has 3 amide bonds. The standard InChI is InChI=1S/C22H22F3N5O7S2/c23-22(24,25)38(33,34)17-3-1-16(2-4-17)30-19(31)21(6-7-21)29(20(30)32)14-15-5-8-26-18(13-15)27-39(35,36)28-9-11-37-12-10-28/h1-5,8,13H,6-7,9-12,14H2,(H,26,27). The highest BCUT2D eigenvalue weighted by Gasteiger charge is 2.65. The van der Waals surface area contributed by atoms with Gasteiger partial charge in [-0.3, -0.25) is 9.52 Å². The third-order valence-corrected chi connectivity index (χ3v) is 9.70. The van der Waals surface area contributed by atoms with Crippen LogP contribution in [-0.2, 0) is 36.1 Å². The van der Waals surface area contributed by atoms with Crippen LogP contribution in [0.1, 0.15) is 18.4 Å². The summed E-state index contributed by atoms with van der Waals surface area (Å²) >= 11 is 0. The maximum Gasteiger partial charge on any atom is 0.501 e. The number of carbonyl (C=O) groups excluding carboxylic acids is 2. The second kappa shape index (κ2) is 9.42. The van der Waals surface area contributed by atoms with Gasteiger partial charge in [0.2, 0.25) is 0 Å². The molecule has 210 valence electrons. The van der Waals surface area contributed by atoms with Crippen LogP contribution in [0.25, 0.3) is 0 Å². The molecule has 0 unspecified atom stereocenters. The number of morpholine rings is 1. The molecule has 5 rings (SSSR count). The molecule has 1 spiro atoms. The first kappa shape index (κ1) is 27.3. The Morgan fingerprint density at radius 1 is 1.00 bits per heavy atom. The highest BCUT2D eigenvalue weighted by atomic mass is 32.2. The normalized spacial score (nSPS) is 20.1. The van der Waals surface area contributed by atoms with Gasteiger partial charge in [-0.15, -0.1) is 0 Å². The van der Waals surface area contributed by atoms with Crippen LogP contribution in [0.2, 0.25) is 0 Å². The molecule has 3 aliphatic rings. The van der Waals surface area contributed by atoms with E-state index in [1.165, 1.54) is 21.5 Å². The zero-order valence-corrected chi connectivity index (χ0v) is 21.7. The van der Waals surface area contributed by atoms with Crippen LogP contribution in [-0.4, -0.2) is 80.3 Å². The number of alkyl halides is 3. The molecule has 0 radical (unpaired) electrons. The van der Waals surface area contributed by atoms with Crippen molar-refractivity contribution in [2.24, 2.45) is 0 Å². The van der Waals surface area contributed by atoms with E-state index in [1.54, 1.807) is 6.07 Å². The molecule has 12 nitrogen and oxygen atoms in total. The van der Waals surface area contributed by atoms with E-state index in [4.69, 9.17) is 4.74 Å². The highest BCUT2D eigenvalue weighted by molar-refractivity contribution is 7.92. The summed E-state index contributed by atoms with van der Waals surface area (Å²) in [5, 5.41) is 0. The van der Waals surface area contributed by atoms with Crippen molar-refractivity contribution in [3.8, 4) is 0 Å². The molecule has 2 aliphatic heterocycles. The van der Waals surface area contributed by atoms with Gasteiger partial charge in [0, 0.05) is 25.8 Å². The summed E-state index contributed by atoms with van der Waals surface area (Å²) in [5.41, 5.74) is -6.24. The van der Waals surface area contributed by atoms with E-state index in [1.807, 2.05) is 0 Å². The number of ether oxygens (including phenoxy) is 1. The Morgan fingerprint density at radius 3 is 2.23 bits per heavy atom. The summed E-state index contributed by atoms with van der Waals surface area (Å²) < 4.78 is 96.0. The number of imide groups is 1. The smallest absolute Gasteiger partial charge is 0.379 e. The predicted octanol–water partition coefficient (Wildman–Crippen LogP) is 1.87. The lowest BCUT2D eigenvalue weighted by molar-refractivity contribution is -0.120. The van der Waals surface area contributed by atoms with Gasteiger partial charge in [0.15, 0.2) is 0 Å². The van der Waals surface area contributed by atoms with Crippen molar-refractivity contribution in [2.75, 3.05) is 35.9 Å². The van der Waals surface area contributed by atoms with E-state index in [0.29, 0.717) is 30.5 Å². The summed E-state index contributed by atoms with van der Waals surface area (Å²) in [7, 11) is -9.49. The van der Waals surface area contributed by atoms with Crippen molar-refractivity contribution in [2.45, 2.75) is 35.3 Å². The van der Waals surface area contributed by atoms with Gasteiger partial charge < -0.3 is 9.64 Å². The van der Waals surface area contributed by atoms with Crippen LogP contribution in [0.15, 0.2) is 47.5 Å². The molecule has 2 aromatic rings. The average molecular weight is 590 g/mol. The third kappa shape index (κ3) is 4.83. The molecule has 0 atom stereocenters. The van der Waals surface area contributed by atoms with Crippen molar-refractivity contribution in [3.63, 3.8) is 0 Å². The second-order valence-electron chi connectivity index (χ2n) is 9.15. The Balaban J connectivity index is 1.35. The number of carbonyl (C=O) groups is 2. The van der Waals surface area contributed by atoms with Crippen molar-refractivity contribution in [1.82, 2.24) is 14.2 Å². The van der Waals surface area contributed by atoms with Crippen LogP contribution in [0, 0.1) is 0 Å². The Kier molecular flexibility index (Phi) is 6.60. The Bertz CT molecular complexity index is 1520. The minimum Gasteiger partial charge on any atom is -0.379 e. The molecule has 1 aromatic heterocycles.